The second kappa shape index (κ2) is 13.0. The Bertz CT molecular complexity index is 1630. The molecule has 0 radical (unpaired) electrons. The van der Waals surface area contributed by atoms with Crippen molar-refractivity contribution in [2.75, 3.05) is 11.5 Å². The van der Waals surface area contributed by atoms with Gasteiger partial charge in [0.2, 0.25) is 11.8 Å². The number of carbonyl (C=O) groups is 2. The molecule has 0 spiro atoms. The van der Waals surface area contributed by atoms with E-state index >= 15 is 0 Å². The molecule has 9 nitrogen and oxygen atoms in total. The lowest BCUT2D eigenvalue weighted by Gasteiger charge is -2.38. The van der Waals surface area contributed by atoms with E-state index in [1.165, 1.54) is 24.3 Å². The molecule has 0 bridgehead atoms. The topological polar surface area (TPSA) is 141 Å². The summed E-state index contributed by atoms with van der Waals surface area (Å²) in [5, 5.41) is 43.7. The van der Waals surface area contributed by atoms with Gasteiger partial charge in [0.1, 0.15) is 5.75 Å². The fraction of sp³-hybridized carbons (Fsp3) is 0.314. The SMILES string of the molecule is CC(C)C1=C([C@H](O)CC/C(=C/c2cccc(O)c2)c2ccccc2)[C@H](CO)[C@@H]2C(=O)N(c3cccc([N+](=O)[O-])c3)C(=O)[C@@H]2C1. The Morgan fingerprint density at radius 3 is 2.41 bits per heavy atom. The number of phenolic OH excluding ortho intramolecular Hbond substituents is 1. The predicted molar refractivity (Wildman–Crippen MR) is 167 cm³/mol. The molecule has 4 atom stereocenters. The molecular formula is C35H36N2O7. The van der Waals surface area contributed by atoms with E-state index in [0.29, 0.717) is 18.4 Å². The third kappa shape index (κ3) is 6.06. The summed E-state index contributed by atoms with van der Waals surface area (Å²) in [7, 11) is 0. The molecule has 1 aliphatic heterocycles. The summed E-state index contributed by atoms with van der Waals surface area (Å²) in [5.74, 6) is -3.30. The predicted octanol–water partition coefficient (Wildman–Crippen LogP) is 5.75. The lowest BCUT2D eigenvalue weighted by Crippen LogP contribution is -2.39. The van der Waals surface area contributed by atoms with Gasteiger partial charge in [-0.3, -0.25) is 19.7 Å². The summed E-state index contributed by atoms with van der Waals surface area (Å²) in [6, 6.07) is 22.1. The van der Waals surface area contributed by atoms with Crippen molar-refractivity contribution in [1.29, 1.82) is 0 Å². The normalized spacial score (nSPS) is 21.2. The van der Waals surface area contributed by atoms with E-state index in [1.54, 1.807) is 18.2 Å². The first kappa shape index (κ1) is 30.8. The Hall–Kier alpha value is -4.60. The molecule has 1 heterocycles. The van der Waals surface area contributed by atoms with E-state index < -0.39 is 47.2 Å². The number of nitro benzene ring substituents is 1. The van der Waals surface area contributed by atoms with Crippen molar-refractivity contribution < 1.29 is 29.8 Å². The highest BCUT2D eigenvalue weighted by Crippen LogP contribution is 2.49. The number of hydrogen-bond donors (Lipinski definition) is 3. The minimum atomic E-state index is -0.989. The van der Waals surface area contributed by atoms with Crippen LogP contribution in [0.4, 0.5) is 11.4 Å². The number of non-ortho nitro benzene ring substituents is 1. The van der Waals surface area contributed by atoms with Gasteiger partial charge in [0, 0.05) is 18.1 Å². The summed E-state index contributed by atoms with van der Waals surface area (Å²) in [6.45, 7) is 3.50. The largest absolute Gasteiger partial charge is 0.508 e. The molecule has 0 unspecified atom stereocenters. The molecule has 1 saturated heterocycles. The highest BCUT2D eigenvalue weighted by molar-refractivity contribution is 6.22. The van der Waals surface area contributed by atoms with E-state index in [0.717, 1.165) is 27.2 Å². The number of carbonyl (C=O) groups excluding carboxylic acids is 2. The molecule has 3 N–H and O–H groups in total. The first-order valence-corrected chi connectivity index (χ1v) is 14.8. The average molecular weight is 597 g/mol. The Labute approximate surface area is 255 Å². The molecule has 9 heteroatoms. The molecular weight excluding hydrogens is 560 g/mol. The maximum atomic E-state index is 13.8. The van der Waals surface area contributed by atoms with E-state index in [-0.39, 0.29) is 29.5 Å². The number of amides is 2. The Morgan fingerprint density at radius 1 is 1.02 bits per heavy atom. The lowest BCUT2D eigenvalue weighted by atomic mass is 9.66. The van der Waals surface area contributed by atoms with Gasteiger partial charge in [0.15, 0.2) is 0 Å². The highest BCUT2D eigenvalue weighted by atomic mass is 16.6. The molecule has 0 aromatic heterocycles. The molecule has 228 valence electrons. The Balaban J connectivity index is 1.46. The van der Waals surface area contributed by atoms with Gasteiger partial charge in [-0.05, 0) is 65.7 Å². The van der Waals surface area contributed by atoms with Crippen LogP contribution in [0.2, 0.25) is 0 Å². The summed E-state index contributed by atoms with van der Waals surface area (Å²) in [4.78, 5) is 39.3. The number of aliphatic hydroxyl groups is 2. The van der Waals surface area contributed by atoms with E-state index in [2.05, 4.69) is 0 Å². The van der Waals surface area contributed by atoms with Crippen molar-refractivity contribution in [2.45, 2.75) is 39.2 Å². The first-order valence-electron chi connectivity index (χ1n) is 14.8. The van der Waals surface area contributed by atoms with Crippen LogP contribution in [0.25, 0.3) is 11.6 Å². The van der Waals surface area contributed by atoms with Crippen LogP contribution in [0.1, 0.15) is 44.2 Å². The number of fused-ring (bicyclic) bond motifs is 1. The fourth-order valence-corrected chi connectivity index (χ4v) is 6.66. The van der Waals surface area contributed by atoms with Gasteiger partial charge in [-0.1, -0.05) is 74.0 Å². The van der Waals surface area contributed by atoms with Crippen LogP contribution >= 0.6 is 0 Å². The third-order valence-corrected chi connectivity index (χ3v) is 8.71. The van der Waals surface area contributed by atoms with Gasteiger partial charge in [-0.15, -0.1) is 0 Å². The maximum Gasteiger partial charge on any atom is 0.271 e. The number of imide groups is 1. The summed E-state index contributed by atoms with van der Waals surface area (Å²) >= 11 is 0. The van der Waals surface area contributed by atoms with Crippen molar-refractivity contribution in [1.82, 2.24) is 0 Å². The zero-order valence-electron chi connectivity index (χ0n) is 24.7. The minimum absolute atomic E-state index is 0.0548. The van der Waals surface area contributed by atoms with E-state index in [4.69, 9.17) is 0 Å². The maximum absolute atomic E-state index is 13.8. The lowest BCUT2D eigenvalue weighted by molar-refractivity contribution is -0.384. The average Bonchev–Trinajstić information content (AvgIpc) is 3.27. The Kier molecular flexibility index (Phi) is 9.08. The van der Waals surface area contributed by atoms with E-state index in [9.17, 15) is 35.0 Å². The molecule has 1 aliphatic carbocycles. The van der Waals surface area contributed by atoms with E-state index in [1.807, 2.05) is 56.3 Å². The number of nitro groups is 1. The van der Waals surface area contributed by atoms with Crippen LogP contribution in [-0.2, 0) is 9.59 Å². The van der Waals surface area contributed by atoms with Gasteiger partial charge < -0.3 is 15.3 Å². The molecule has 44 heavy (non-hydrogen) atoms. The first-order chi connectivity index (χ1) is 21.1. The van der Waals surface area contributed by atoms with Crippen molar-refractivity contribution in [3.8, 4) is 5.75 Å². The molecule has 5 rings (SSSR count). The second-order valence-electron chi connectivity index (χ2n) is 11.7. The molecule has 1 fully saturated rings. The molecule has 0 saturated carbocycles. The van der Waals surface area contributed by atoms with Crippen LogP contribution in [-0.4, -0.2) is 44.8 Å². The van der Waals surface area contributed by atoms with Crippen molar-refractivity contribution in [2.24, 2.45) is 23.7 Å². The molecule has 2 aliphatic rings. The number of anilines is 1. The van der Waals surface area contributed by atoms with Crippen molar-refractivity contribution >= 4 is 34.8 Å². The highest BCUT2D eigenvalue weighted by Gasteiger charge is 2.55. The van der Waals surface area contributed by atoms with Crippen molar-refractivity contribution in [3.63, 3.8) is 0 Å². The van der Waals surface area contributed by atoms with Crippen LogP contribution in [0.5, 0.6) is 5.75 Å². The Morgan fingerprint density at radius 2 is 1.75 bits per heavy atom. The smallest absolute Gasteiger partial charge is 0.271 e. The monoisotopic (exact) mass is 596 g/mol. The number of nitrogens with zero attached hydrogens (tertiary/aromatic N) is 2. The van der Waals surface area contributed by atoms with Gasteiger partial charge in [0.05, 0.1) is 35.2 Å². The van der Waals surface area contributed by atoms with Crippen molar-refractivity contribution in [3.05, 3.63) is 111 Å². The van der Waals surface area contributed by atoms with Gasteiger partial charge in [-0.25, -0.2) is 4.90 Å². The minimum Gasteiger partial charge on any atom is -0.508 e. The third-order valence-electron chi connectivity index (χ3n) is 8.71. The van der Waals surface area contributed by atoms with Crippen LogP contribution in [0.3, 0.4) is 0 Å². The molecule has 3 aromatic carbocycles. The van der Waals surface area contributed by atoms with Gasteiger partial charge >= 0.3 is 0 Å². The number of phenols is 1. The quantitative estimate of drug-likeness (QED) is 0.0889. The number of aliphatic hydroxyl groups excluding tert-OH is 2. The summed E-state index contributed by atoms with van der Waals surface area (Å²) < 4.78 is 0. The zero-order valence-corrected chi connectivity index (χ0v) is 24.7. The molecule has 3 aromatic rings. The number of aromatic hydroxyl groups is 1. The standard InChI is InChI=1S/C35H36N2O7/c1-21(2)28-19-29-33(35(42)36(34(29)41)25-11-7-12-26(18-25)37(43)44)30(20-38)32(28)31(40)15-14-24(23-9-4-3-5-10-23)16-22-8-6-13-27(39)17-22/h3-13,16-18,21,29-31,33,38-40H,14-15,19-20H2,1-2H3/b24-16-/t29-,30+,31-,33-/m1/s1. The fourth-order valence-electron chi connectivity index (χ4n) is 6.66. The van der Waals surface area contributed by atoms with Gasteiger partial charge in [-0.2, -0.15) is 0 Å². The van der Waals surface area contributed by atoms with Gasteiger partial charge in [0.25, 0.3) is 5.69 Å². The number of benzene rings is 3. The number of allylic oxidation sites excluding steroid dienone is 2. The zero-order chi connectivity index (χ0) is 31.5. The van der Waals surface area contributed by atoms with Crippen LogP contribution in [0.15, 0.2) is 90.0 Å². The summed E-state index contributed by atoms with van der Waals surface area (Å²) in [6.07, 6.45) is 2.00. The van der Waals surface area contributed by atoms with Crippen LogP contribution < -0.4 is 4.90 Å². The summed E-state index contributed by atoms with van der Waals surface area (Å²) in [5.41, 5.74) is 4.05. The second-order valence-corrected chi connectivity index (χ2v) is 11.7. The van der Waals surface area contributed by atoms with Crippen LogP contribution in [0, 0.1) is 33.8 Å². The molecule has 2 amide bonds. The number of rotatable bonds is 10. The number of hydrogen-bond acceptors (Lipinski definition) is 7.